The summed E-state index contributed by atoms with van der Waals surface area (Å²) in [7, 11) is 0. The van der Waals surface area contributed by atoms with Crippen LogP contribution in [0.3, 0.4) is 0 Å². The first kappa shape index (κ1) is 17.3. The van der Waals surface area contributed by atoms with E-state index >= 15 is 0 Å². The van der Waals surface area contributed by atoms with Crippen molar-refractivity contribution < 1.29 is 9.53 Å². The number of nitrogens with zero attached hydrogens (tertiary/aromatic N) is 2. The van der Waals surface area contributed by atoms with Crippen molar-refractivity contribution in [2.75, 3.05) is 6.54 Å². The Morgan fingerprint density at radius 2 is 2.00 bits per heavy atom. The van der Waals surface area contributed by atoms with Gasteiger partial charge < -0.3 is 10.1 Å². The van der Waals surface area contributed by atoms with E-state index in [0.717, 1.165) is 5.69 Å². The summed E-state index contributed by atoms with van der Waals surface area (Å²) in [6.07, 6.45) is 1.66. The molecule has 0 saturated carbocycles. The van der Waals surface area contributed by atoms with E-state index in [4.69, 9.17) is 16.3 Å². The lowest BCUT2D eigenvalue weighted by atomic mass is 10.1. The summed E-state index contributed by atoms with van der Waals surface area (Å²) in [5.74, 6) is 0.410. The molecule has 124 valence electrons. The molecule has 23 heavy (non-hydrogen) atoms. The smallest absolute Gasteiger partial charge is 0.263 e. The van der Waals surface area contributed by atoms with Crippen LogP contribution < -0.4 is 10.1 Å². The molecule has 0 unspecified atom stereocenters. The van der Waals surface area contributed by atoms with Crippen molar-refractivity contribution in [1.29, 1.82) is 0 Å². The first-order chi connectivity index (χ1) is 10.8. The fourth-order valence-corrected chi connectivity index (χ4v) is 2.09. The molecule has 0 radical (unpaired) electrons. The van der Waals surface area contributed by atoms with Crippen LogP contribution in [0.5, 0.6) is 5.88 Å². The van der Waals surface area contributed by atoms with Gasteiger partial charge in [0.05, 0.1) is 11.9 Å². The highest BCUT2D eigenvalue weighted by molar-refractivity contribution is 6.31. The number of benzene rings is 1. The summed E-state index contributed by atoms with van der Waals surface area (Å²) >= 11 is 6.19. The van der Waals surface area contributed by atoms with Gasteiger partial charge >= 0.3 is 0 Å². The predicted octanol–water partition coefficient (Wildman–Crippen LogP) is 3.46. The molecule has 0 bridgehead atoms. The van der Waals surface area contributed by atoms with Crippen molar-refractivity contribution in [1.82, 2.24) is 15.1 Å². The maximum Gasteiger partial charge on any atom is 0.263 e. The minimum absolute atomic E-state index is 0.198. The zero-order valence-corrected chi connectivity index (χ0v) is 14.6. The molecular formula is C17H22ClN3O2. The van der Waals surface area contributed by atoms with Crippen LogP contribution in [-0.4, -0.2) is 27.8 Å². The molecule has 0 saturated heterocycles. The van der Waals surface area contributed by atoms with E-state index in [0.29, 0.717) is 17.5 Å². The molecule has 0 spiro atoms. The molecule has 0 atom stereocenters. The Kier molecular flexibility index (Phi) is 5.31. The monoisotopic (exact) mass is 335 g/mol. The van der Waals surface area contributed by atoms with Crippen LogP contribution in [0, 0.1) is 5.92 Å². The van der Waals surface area contributed by atoms with E-state index in [2.05, 4.69) is 10.4 Å². The van der Waals surface area contributed by atoms with Crippen LogP contribution in [0.1, 0.15) is 27.7 Å². The second-order valence-corrected chi connectivity index (χ2v) is 6.69. The zero-order chi connectivity index (χ0) is 17.0. The van der Waals surface area contributed by atoms with E-state index in [-0.39, 0.29) is 11.8 Å². The van der Waals surface area contributed by atoms with Crippen molar-refractivity contribution in [3.63, 3.8) is 0 Å². The quantitative estimate of drug-likeness (QED) is 0.879. The fourth-order valence-electron chi connectivity index (χ4n) is 1.92. The second-order valence-electron chi connectivity index (χ2n) is 6.28. The molecule has 1 amide bonds. The number of halogens is 1. The number of carbonyl (C=O) groups excluding carboxylic acids is 1. The lowest BCUT2D eigenvalue weighted by Crippen LogP contribution is -2.47. The maximum atomic E-state index is 12.2. The number of hydrogen-bond donors (Lipinski definition) is 1. The van der Waals surface area contributed by atoms with Crippen LogP contribution in [-0.2, 0) is 4.79 Å². The Morgan fingerprint density at radius 1 is 1.35 bits per heavy atom. The molecule has 1 heterocycles. The predicted molar refractivity (Wildman–Crippen MR) is 91.1 cm³/mol. The summed E-state index contributed by atoms with van der Waals surface area (Å²) in [5, 5.41) is 7.54. The summed E-state index contributed by atoms with van der Waals surface area (Å²) in [4.78, 5) is 12.2. The number of amides is 1. The molecular weight excluding hydrogens is 314 g/mol. The third kappa shape index (κ3) is 4.48. The van der Waals surface area contributed by atoms with Gasteiger partial charge in [-0.3, -0.25) is 4.79 Å². The Morgan fingerprint density at radius 3 is 2.61 bits per heavy atom. The van der Waals surface area contributed by atoms with Gasteiger partial charge in [-0.2, -0.15) is 0 Å². The molecule has 1 N–H and O–H groups in total. The third-order valence-electron chi connectivity index (χ3n) is 3.23. The highest BCUT2D eigenvalue weighted by atomic mass is 35.5. The summed E-state index contributed by atoms with van der Waals surface area (Å²) in [6.45, 7) is 8.05. The number of nitrogens with one attached hydrogen (secondary N) is 1. The summed E-state index contributed by atoms with van der Waals surface area (Å²) < 4.78 is 7.38. The van der Waals surface area contributed by atoms with E-state index in [1.54, 1.807) is 24.7 Å². The van der Waals surface area contributed by atoms with Gasteiger partial charge in [0, 0.05) is 6.54 Å². The van der Waals surface area contributed by atoms with Gasteiger partial charge in [0.1, 0.15) is 5.02 Å². The van der Waals surface area contributed by atoms with Crippen LogP contribution in [0.2, 0.25) is 5.02 Å². The number of carbonyl (C=O) groups is 1. The van der Waals surface area contributed by atoms with Crippen LogP contribution in [0.25, 0.3) is 5.69 Å². The molecule has 2 aromatic rings. The Bertz CT molecular complexity index is 666. The number of ether oxygens (including phenoxy) is 1. The molecule has 5 nitrogen and oxygen atoms in total. The molecule has 0 fully saturated rings. The lowest BCUT2D eigenvalue weighted by Gasteiger charge is -2.24. The molecule has 0 aliphatic heterocycles. The van der Waals surface area contributed by atoms with Gasteiger partial charge in [0.25, 0.3) is 11.8 Å². The van der Waals surface area contributed by atoms with Crippen molar-refractivity contribution in [2.24, 2.45) is 5.92 Å². The van der Waals surface area contributed by atoms with Gasteiger partial charge in [-0.25, -0.2) is 4.68 Å². The first-order valence-electron chi connectivity index (χ1n) is 7.57. The number of rotatable bonds is 6. The number of aromatic nitrogens is 2. The number of para-hydroxylation sites is 1. The molecule has 2 rings (SSSR count). The Balaban J connectivity index is 2.13. The molecule has 1 aromatic heterocycles. The van der Waals surface area contributed by atoms with Gasteiger partial charge in [-0.1, -0.05) is 43.6 Å². The van der Waals surface area contributed by atoms with Gasteiger partial charge in [0.2, 0.25) is 0 Å². The lowest BCUT2D eigenvalue weighted by molar-refractivity contribution is -0.134. The Labute approximate surface area is 141 Å². The van der Waals surface area contributed by atoms with Crippen molar-refractivity contribution >= 4 is 17.5 Å². The van der Waals surface area contributed by atoms with E-state index < -0.39 is 5.60 Å². The van der Waals surface area contributed by atoms with Crippen molar-refractivity contribution in [3.8, 4) is 11.6 Å². The third-order valence-corrected chi connectivity index (χ3v) is 3.49. The highest BCUT2D eigenvalue weighted by Crippen LogP contribution is 2.27. The Hall–Kier alpha value is -2.01. The summed E-state index contributed by atoms with van der Waals surface area (Å²) in [5.41, 5.74) is -0.194. The molecule has 1 aromatic carbocycles. The SMILES string of the molecule is CC(C)CNC(=O)C(C)(C)Oc1nn(-c2ccccc2)cc1Cl. The normalized spacial score (nSPS) is 11.6. The van der Waals surface area contributed by atoms with Crippen molar-refractivity contribution in [3.05, 3.63) is 41.6 Å². The molecule has 6 heteroatoms. The standard InChI is InChI=1S/C17H22ClN3O2/c1-12(2)10-19-16(22)17(3,4)23-15-14(18)11-21(20-15)13-8-6-5-7-9-13/h5-9,11-12H,10H2,1-4H3,(H,19,22). The molecule has 0 aliphatic carbocycles. The van der Waals surface area contributed by atoms with Gasteiger partial charge in [-0.05, 0) is 31.9 Å². The average molecular weight is 336 g/mol. The van der Waals surface area contributed by atoms with Gasteiger partial charge in [0.15, 0.2) is 5.60 Å². The maximum absolute atomic E-state index is 12.2. The highest BCUT2D eigenvalue weighted by Gasteiger charge is 2.31. The van der Waals surface area contributed by atoms with E-state index in [9.17, 15) is 4.79 Å². The second kappa shape index (κ2) is 7.04. The first-order valence-corrected chi connectivity index (χ1v) is 7.95. The largest absolute Gasteiger partial charge is 0.459 e. The van der Waals surface area contributed by atoms with Crippen molar-refractivity contribution in [2.45, 2.75) is 33.3 Å². The topological polar surface area (TPSA) is 56.1 Å². The number of hydrogen-bond acceptors (Lipinski definition) is 3. The van der Waals surface area contributed by atoms with Crippen LogP contribution in [0.4, 0.5) is 0 Å². The zero-order valence-electron chi connectivity index (χ0n) is 13.8. The van der Waals surface area contributed by atoms with E-state index in [1.165, 1.54) is 0 Å². The minimum atomic E-state index is -1.06. The molecule has 0 aliphatic rings. The fraction of sp³-hybridized carbons (Fsp3) is 0.412. The summed E-state index contributed by atoms with van der Waals surface area (Å²) in [6, 6.07) is 9.57. The van der Waals surface area contributed by atoms with Gasteiger partial charge in [-0.15, -0.1) is 5.10 Å². The average Bonchev–Trinajstić information content (AvgIpc) is 2.86. The van der Waals surface area contributed by atoms with Crippen LogP contribution >= 0.6 is 11.6 Å². The minimum Gasteiger partial charge on any atom is -0.459 e. The van der Waals surface area contributed by atoms with E-state index in [1.807, 2.05) is 44.2 Å². The van der Waals surface area contributed by atoms with Crippen LogP contribution in [0.15, 0.2) is 36.5 Å².